The summed E-state index contributed by atoms with van der Waals surface area (Å²) in [6, 6.07) is 20.5. The van der Waals surface area contributed by atoms with E-state index in [0.29, 0.717) is 0 Å². The first kappa shape index (κ1) is 18.6. The SMILES string of the molecule is Cl.c1ccc(-c2nc(CCN3CCOCC3)oc2-c2ccccc2)cc1. The third-order valence-corrected chi connectivity index (χ3v) is 4.50. The van der Waals surface area contributed by atoms with Gasteiger partial charge in [0.05, 0.1) is 13.2 Å². The molecule has 4 rings (SSSR count). The highest BCUT2D eigenvalue weighted by molar-refractivity contribution is 5.85. The van der Waals surface area contributed by atoms with Gasteiger partial charge in [-0.2, -0.15) is 0 Å². The van der Waals surface area contributed by atoms with Crippen LogP contribution in [0.5, 0.6) is 0 Å². The van der Waals surface area contributed by atoms with Crippen molar-refractivity contribution in [2.45, 2.75) is 6.42 Å². The number of oxazole rings is 1. The fraction of sp³-hybridized carbons (Fsp3) is 0.286. The molecular formula is C21H23ClN2O2. The highest BCUT2D eigenvalue weighted by Crippen LogP contribution is 2.32. The largest absolute Gasteiger partial charge is 0.440 e. The zero-order valence-electron chi connectivity index (χ0n) is 14.6. The second-order valence-corrected chi connectivity index (χ2v) is 6.22. The molecule has 136 valence electrons. The number of morpholine rings is 1. The molecule has 2 aromatic carbocycles. The summed E-state index contributed by atoms with van der Waals surface area (Å²) >= 11 is 0. The van der Waals surface area contributed by atoms with Gasteiger partial charge in [0, 0.05) is 37.2 Å². The molecule has 1 aromatic heterocycles. The highest BCUT2D eigenvalue weighted by Gasteiger charge is 2.18. The van der Waals surface area contributed by atoms with E-state index in [4.69, 9.17) is 14.1 Å². The van der Waals surface area contributed by atoms with Crippen molar-refractivity contribution in [3.63, 3.8) is 0 Å². The van der Waals surface area contributed by atoms with E-state index < -0.39 is 0 Å². The standard InChI is InChI=1S/C21H22N2O2.ClH/c1-3-7-17(8-4-1)20-21(18-9-5-2-6-10-18)25-19(22-20)11-12-23-13-15-24-16-14-23;/h1-10H,11-16H2;1H. The Morgan fingerprint density at radius 3 is 2.12 bits per heavy atom. The fourth-order valence-electron chi connectivity index (χ4n) is 3.13. The lowest BCUT2D eigenvalue weighted by atomic mass is 10.1. The zero-order valence-corrected chi connectivity index (χ0v) is 15.5. The van der Waals surface area contributed by atoms with Gasteiger partial charge in [-0.05, 0) is 0 Å². The van der Waals surface area contributed by atoms with Gasteiger partial charge in [-0.3, -0.25) is 4.90 Å². The maximum Gasteiger partial charge on any atom is 0.196 e. The number of hydrogen-bond donors (Lipinski definition) is 0. The van der Waals surface area contributed by atoms with Gasteiger partial charge in [0.2, 0.25) is 0 Å². The molecule has 0 unspecified atom stereocenters. The van der Waals surface area contributed by atoms with Crippen molar-refractivity contribution in [1.29, 1.82) is 0 Å². The number of rotatable bonds is 5. The Labute approximate surface area is 160 Å². The maximum atomic E-state index is 6.18. The number of benzene rings is 2. The van der Waals surface area contributed by atoms with Crippen LogP contribution in [0.3, 0.4) is 0 Å². The number of nitrogens with zero attached hydrogens (tertiary/aromatic N) is 2. The minimum atomic E-state index is 0. The van der Waals surface area contributed by atoms with Crippen molar-refractivity contribution in [3.05, 3.63) is 66.6 Å². The molecule has 0 atom stereocenters. The molecule has 2 heterocycles. The molecule has 0 saturated carbocycles. The van der Waals surface area contributed by atoms with E-state index in [0.717, 1.165) is 67.7 Å². The van der Waals surface area contributed by atoms with Crippen molar-refractivity contribution in [3.8, 4) is 22.6 Å². The smallest absolute Gasteiger partial charge is 0.196 e. The predicted molar refractivity (Wildman–Crippen MR) is 106 cm³/mol. The zero-order chi connectivity index (χ0) is 16.9. The third-order valence-electron chi connectivity index (χ3n) is 4.50. The van der Waals surface area contributed by atoms with Crippen LogP contribution >= 0.6 is 12.4 Å². The fourth-order valence-corrected chi connectivity index (χ4v) is 3.13. The minimum Gasteiger partial charge on any atom is -0.440 e. The lowest BCUT2D eigenvalue weighted by Crippen LogP contribution is -2.37. The summed E-state index contributed by atoms with van der Waals surface area (Å²) in [5.74, 6) is 1.65. The molecule has 0 bridgehead atoms. The van der Waals surface area contributed by atoms with Crippen LogP contribution in [-0.2, 0) is 11.2 Å². The van der Waals surface area contributed by atoms with Crippen LogP contribution in [0.15, 0.2) is 65.1 Å². The second-order valence-electron chi connectivity index (χ2n) is 6.22. The molecule has 1 aliphatic heterocycles. The van der Waals surface area contributed by atoms with Gasteiger partial charge >= 0.3 is 0 Å². The van der Waals surface area contributed by atoms with Gasteiger partial charge in [-0.25, -0.2) is 4.98 Å². The monoisotopic (exact) mass is 370 g/mol. The first-order valence-electron chi connectivity index (χ1n) is 8.81. The molecule has 0 radical (unpaired) electrons. The summed E-state index contributed by atoms with van der Waals surface area (Å²) in [6.45, 7) is 4.55. The topological polar surface area (TPSA) is 38.5 Å². The van der Waals surface area contributed by atoms with Crippen LogP contribution < -0.4 is 0 Å². The summed E-state index contributed by atoms with van der Waals surface area (Å²) in [4.78, 5) is 7.22. The van der Waals surface area contributed by atoms with Gasteiger partial charge < -0.3 is 9.15 Å². The molecule has 1 aliphatic rings. The van der Waals surface area contributed by atoms with Crippen molar-refractivity contribution in [1.82, 2.24) is 9.88 Å². The Hall–Kier alpha value is -2.14. The Balaban J connectivity index is 0.00000196. The number of hydrogen-bond acceptors (Lipinski definition) is 4. The van der Waals surface area contributed by atoms with Crippen molar-refractivity contribution in [2.24, 2.45) is 0 Å². The van der Waals surface area contributed by atoms with Crippen molar-refractivity contribution >= 4 is 12.4 Å². The van der Waals surface area contributed by atoms with E-state index in [9.17, 15) is 0 Å². The van der Waals surface area contributed by atoms with E-state index in [1.165, 1.54) is 0 Å². The molecule has 0 aliphatic carbocycles. The van der Waals surface area contributed by atoms with Crippen LogP contribution in [-0.4, -0.2) is 42.7 Å². The van der Waals surface area contributed by atoms with Gasteiger partial charge in [-0.15, -0.1) is 12.4 Å². The Kier molecular flexibility index (Phi) is 6.45. The first-order chi connectivity index (χ1) is 12.4. The first-order valence-corrected chi connectivity index (χ1v) is 8.81. The Morgan fingerprint density at radius 1 is 0.846 bits per heavy atom. The summed E-state index contributed by atoms with van der Waals surface area (Å²) in [6.07, 6.45) is 0.812. The lowest BCUT2D eigenvalue weighted by molar-refractivity contribution is 0.0377. The van der Waals surface area contributed by atoms with E-state index >= 15 is 0 Å². The lowest BCUT2D eigenvalue weighted by Gasteiger charge is -2.25. The van der Waals surface area contributed by atoms with E-state index in [1.807, 2.05) is 36.4 Å². The van der Waals surface area contributed by atoms with Crippen molar-refractivity contribution in [2.75, 3.05) is 32.8 Å². The van der Waals surface area contributed by atoms with Crippen molar-refractivity contribution < 1.29 is 9.15 Å². The molecule has 26 heavy (non-hydrogen) atoms. The van der Waals surface area contributed by atoms with E-state index in [-0.39, 0.29) is 12.4 Å². The van der Waals surface area contributed by atoms with Gasteiger partial charge in [0.15, 0.2) is 11.7 Å². The van der Waals surface area contributed by atoms with Gasteiger partial charge in [0.25, 0.3) is 0 Å². The normalized spacial score (nSPS) is 14.8. The summed E-state index contributed by atoms with van der Waals surface area (Å²) < 4.78 is 11.6. The van der Waals surface area contributed by atoms with Crippen LogP contribution in [0.1, 0.15) is 5.89 Å². The molecule has 4 nitrogen and oxygen atoms in total. The maximum absolute atomic E-state index is 6.18. The molecule has 1 fully saturated rings. The summed E-state index contributed by atoms with van der Waals surface area (Å²) in [5.41, 5.74) is 3.07. The molecule has 0 spiro atoms. The average Bonchev–Trinajstić information content (AvgIpc) is 3.13. The van der Waals surface area contributed by atoms with E-state index in [1.54, 1.807) is 0 Å². The minimum absolute atomic E-state index is 0. The Morgan fingerprint density at radius 2 is 1.46 bits per heavy atom. The number of aromatic nitrogens is 1. The molecule has 5 heteroatoms. The number of ether oxygens (including phenoxy) is 1. The Bertz CT molecular complexity index is 742. The van der Waals surface area contributed by atoms with Crippen LogP contribution in [0, 0.1) is 0 Å². The van der Waals surface area contributed by atoms with Crippen LogP contribution in [0.2, 0.25) is 0 Å². The van der Waals surface area contributed by atoms with Gasteiger partial charge in [0.1, 0.15) is 5.69 Å². The van der Waals surface area contributed by atoms with Crippen LogP contribution in [0.25, 0.3) is 22.6 Å². The molecule has 0 N–H and O–H groups in total. The molecular weight excluding hydrogens is 348 g/mol. The molecule has 3 aromatic rings. The predicted octanol–water partition coefficient (Wildman–Crippen LogP) is 4.31. The van der Waals surface area contributed by atoms with E-state index in [2.05, 4.69) is 29.2 Å². The average molecular weight is 371 g/mol. The number of halogens is 1. The highest BCUT2D eigenvalue weighted by atomic mass is 35.5. The summed E-state index contributed by atoms with van der Waals surface area (Å²) in [5, 5.41) is 0. The third kappa shape index (κ3) is 4.33. The second kappa shape index (κ2) is 8.99. The molecule has 1 saturated heterocycles. The molecule has 0 amide bonds. The summed E-state index contributed by atoms with van der Waals surface area (Å²) in [7, 11) is 0. The van der Waals surface area contributed by atoms with Gasteiger partial charge in [-0.1, -0.05) is 60.7 Å². The van der Waals surface area contributed by atoms with Crippen LogP contribution in [0.4, 0.5) is 0 Å². The quantitative estimate of drug-likeness (QED) is 0.671.